The fourth-order valence-corrected chi connectivity index (χ4v) is 0.376. The molecule has 0 unspecified atom stereocenters. The lowest BCUT2D eigenvalue weighted by molar-refractivity contribution is -0.123. The Balaban J connectivity index is 0. The summed E-state index contributed by atoms with van der Waals surface area (Å²) in [5, 5.41) is 0. The van der Waals surface area contributed by atoms with E-state index in [1.54, 1.807) is 25.1 Å². The van der Waals surface area contributed by atoms with Gasteiger partial charge in [-0.1, -0.05) is 19.4 Å². The van der Waals surface area contributed by atoms with E-state index in [9.17, 15) is 4.79 Å². The molecule has 2 heteroatoms. The van der Waals surface area contributed by atoms with Crippen LogP contribution in [-0.2, 0) is 4.79 Å². The monoisotopic (exact) mass is 157 g/mol. The van der Waals surface area contributed by atoms with Gasteiger partial charge in [0.1, 0.15) is 0 Å². The summed E-state index contributed by atoms with van der Waals surface area (Å²) in [5.74, 6) is 0.0509. The molecular formula is C9H19NO. The number of likely N-dealkylation sites (N-methyl/N-ethyl adjacent to an activating group) is 1. The molecule has 0 spiro atoms. The summed E-state index contributed by atoms with van der Waals surface area (Å²) in [6, 6.07) is 0. The lowest BCUT2D eigenvalue weighted by atomic mass is 10.3. The van der Waals surface area contributed by atoms with Gasteiger partial charge in [0, 0.05) is 20.2 Å². The molecule has 0 saturated heterocycles. The smallest absolute Gasteiger partial charge is 0.245 e. The highest BCUT2D eigenvalue weighted by molar-refractivity contribution is 5.87. The number of hydrogen-bond donors (Lipinski definition) is 0. The van der Waals surface area contributed by atoms with Crippen molar-refractivity contribution in [1.29, 1.82) is 0 Å². The van der Waals surface area contributed by atoms with Crippen molar-refractivity contribution in [3.05, 3.63) is 11.6 Å². The maximum Gasteiger partial charge on any atom is 0.245 e. The number of allylic oxidation sites excluding steroid dienone is 1. The molecule has 1 amide bonds. The second-order valence-electron chi connectivity index (χ2n) is 2.45. The van der Waals surface area contributed by atoms with Crippen LogP contribution in [0.2, 0.25) is 0 Å². The highest BCUT2D eigenvalue weighted by Gasteiger charge is 1.95. The first-order valence-electron chi connectivity index (χ1n) is 3.90. The summed E-state index contributed by atoms with van der Waals surface area (Å²) in [7, 11) is 3.48. The van der Waals surface area contributed by atoms with E-state index in [-0.39, 0.29) is 5.91 Å². The van der Waals surface area contributed by atoms with Crippen molar-refractivity contribution < 1.29 is 4.79 Å². The number of hydrogen-bond acceptors (Lipinski definition) is 1. The van der Waals surface area contributed by atoms with Crippen LogP contribution in [-0.4, -0.2) is 24.9 Å². The predicted molar refractivity (Wildman–Crippen MR) is 49.5 cm³/mol. The molecule has 0 saturated carbocycles. The van der Waals surface area contributed by atoms with Gasteiger partial charge in [-0.25, -0.2) is 0 Å². The Kier molecular flexibility index (Phi) is 8.55. The third-order valence-corrected chi connectivity index (χ3v) is 0.853. The van der Waals surface area contributed by atoms with E-state index in [2.05, 4.69) is 0 Å². The average molecular weight is 157 g/mol. The van der Waals surface area contributed by atoms with Gasteiger partial charge in [0.25, 0.3) is 0 Å². The molecular weight excluding hydrogens is 138 g/mol. The number of amides is 1. The predicted octanol–water partition coefficient (Wildman–Crippen LogP) is 2.07. The standard InChI is InChI=1S/C7H13NO.C2H6/c1-6(2)5-7(9)8(3)4;1-2/h5H,1-4H3;1-2H3. The van der Waals surface area contributed by atoms with Gasteiger partial charge in [-0.05, 0) is 13.8 Å². The van der Waals surface area contributed by atoms with Crippen molar-refractivity contribution >= 4 is 5.91 Å². The molecule has 2 nitrogen and oxygen atoms in total. The minimum atomic E-state index is 0.0509. The minimum absolute atomic E-state index is 0.0509. The first-order valence-corrected chi connectivity index (χ1v) is 3.90. The van der Waals surface area contributed by atoms with Crippen LogP contribution in [0, 0.1) is 0 Å². The Morgan fingerprint density at radius 2 is 1.55 bits per heavy atom. The van der Waals surface area contributed by atoms with Gasteiger partial charge in [-0.15, -0.1) is 0 Å². The van der Waals surface area contributed by atoms with Gasteiger partial charge < -0.3 is 4.90 Å². The SMILES string of the molecule is CC.CC(C)=CC(=O)N(C)C. The molecule has 0 rings (SSSR count). The van der Waals surface area contributed by atoms with Gasteiger partial charge in [-0.2, -0.15) is 0 Å². The van der Waals surface area contributed by atoms with Crippen LogP contribution >= 0.6 is 0 Å². The highest BCUT2D eigenvalue weighted by Crippen LogP contribution is 1.89. The van der Waals surface area contributed by atoms with E-state index in [1.165, 1.54) is 0 Å². The first kappa shape index (κ1) is 12.8. The lowest BCUT2D eigenvalue weighted by Crippen LogP contribution is -2.19. The van der Waals surface area contributed by atoms with Crippen molar-refractivity contribution in [2.24, 2.45) is 0 Å². The van der Waals surface area contributed by atoms with Gasteiger partial charge >= 0.3 is 0 Å². The molecule has 0 aromatic rings. The zero-order valence-electron chi connectivity index (χ0n) is 8.43. The summed E-state index contributed by atoms with van der Waals surface area (Å²) in [5.41, 5.74) is 1.04. The molecule has 66 valence electrons. The van der Waals surface area contributed by atoms with E-state index < -0.39 is 0 Å². The Morgan fingerprint density at radius 3 is 1.64 bits per heavy atom. The van der Waals surface area contributed by atoms with Crippen molar-refractivity contribution in [2.75, 3.05) is 14.1 Å². The van der Waals surface area contributed by atoms with Gasteiger partial charge in [0.15, 0.2) is 0 Å². The number of carbonyl (C=O) groups excluding carboxylic acids is 1. The quantitative estimate of drug-likeness (QED) is 0.533. The normalized spacial score (nSPS) is 7.45. The number of carbonyl (C=O) groups is 1. The maximum atomic E-state index is 10.8. The summed E-state index contributed by atoms with van der Waals surface area (Å²) < 4.78 is 0. The van der Waals surface area contributed by atoms with E-state index in [0.29, 0.717) is 0 Å². The molecule has 0 aromatic carbocycles. The van der Waals surface area contributed by atoms with Crippen LogP contribution in [0.3, 0.4) is 0 Å². The Bertz CT molecular complexity index is 132. The summed E-state index contributed by atoms with van der Waals surface area (Å²) in [6.07, 6.45) is 1.61. The number of rotatable bonds is 1. The zero-order valence-corrected chi connectivity index (χ0v) is 8.43. The van der Waals surface area contributed by atoms with Crippen molar-refractivity contribution in [2.45, 2.75) is 27.7 Å². The van der Waals surface area contributed by atoms with Crippen LogP contribution in [0.5, 0.6) is 0 Å². The van der Waals surface area contributed by atoms with E-state index in [1.807, 2.05) is 27.7 Å². The van der Waals surface area contributed by atoms with Gasteiger partial charge in [0.2, 0.25) is 5.91 Å². The molecule has 0 atom stereocenters. The largest absolute Gasteiger partial charge is 0.345 e. The molecule has 0 fully saturated rings. The second-order valence-corrected chi connectivity index (χ2v) is 2.45. The fraction of sp³-hybridized carbons (Fsp3) is 0.667. The third-order valence-electron chi connectivity index (χ3n) is 0.853. The van der Waals surface area contributed by atoms with Crippen LogP contribution in [0.4, 0.5) is 0 Å². The molecule has 0 aliphatic rings. The summed E-state index contributed by atoms with van der Waals surface area (Å²) >= 11 is 0. The Morgan fingerprint density at radius 1 is 1.18 bits per heavy atom. The molecule has 0 radical (unpaired) electrons. The third kappa shape index (κ3) is 9.21. The van der Waals surface area contributed by atoms with Crippen molar-refractivity contribution in [1.82, 2.24) is 4.90 Å². The number of nitrogens with zero attached hydrogens (tertiary/aromatic N) is 1. The van der Waals surface area contributed by atoms with Crippen molar-refractivity contribution in [3.63, 3.8) is 0 Å². The molecule has 11 heavy (non-hydrogen) atoms. The lowest BCUT2D eigenvalue weighted by Gasteiger charge is -2.05. The Labute approximate surface area is 69.9 Å². The molecule has 0 heterocycles. The second kappa shape index (κ2) is 7.32. The Hall–Kier alpha value is -0.790. The van der Waals surface area contributed by atoms with Crippen LogP contribution < -0.4 is 0 Å². The fourth-order valence-electron chi connectivity index (χ4n) is 0.376. The summed E-state index contributed by atoms with van der Waals surface area (Å²) in [4.78, 5) is 12.4. The minimum Gasteiger partial charge on any atom is -0.345 e. The topological polar surface area (TPSA) is 20.3 Å². The van der Waals surface area contributed by atoms with Gasteiger partial charge in [-0.3, -0.25) is 4.79 Å². The van der Waals surface area contributed by atoms with E-state index in [0.717, 1.165) is 5.57 Å². The molecule has 0 aromatic heterocycles. The average Bonchev–Trinajstić information content (AvgIpc) is 1.90. The highest BCUT2D eigenvalue weighted by atomic mass is 16.2. The van der Waals surface area contributed by atoms with E-state index in [4.69, 9.17) is 0 Å². The van der Waals surface area contributed by atoms with Crippen LogP contribution in [0.25, 0.3) is 0 Å². The van der Waals surface area contributed by atoms with Gasteiger partial charge in [0.05, 0.1) is 0 Å². The molecule has 0 aliphatic heterocycles. The summed E-state index contributed by atoms with van der Waals surface area (Å²) in [6.45, 7) is 7.81. The first-order chi connectivity index (χ1) is 5.04. The molecule has 0 N–H and O–H groups in total. The van der Waals surface area contributed by atoms with Crippen LogP contribution in [0.15, 0.2) is 11.6 Å². The van der Waals surface area contributed by atoms with Crippen LogP contribution in [0.1, 0.15) is 27.7 Å². The molecule has 0 bridgehead atoms. The van der Waals surface area contributed by atoms with Crippen molar-refractivity contribution in [3.8, 4) is 0 Å². The molecule has 0 aliphatic carbocycles. The zero-order chi connectivity index (χ0) is 9.44. The van der Waals surface area contributed by atoms with E-state index >= 15 is 0 Å². The maximum absolute atomic E-state index is 10.8.